The minimum atomic E-state index is -0.103. The highest BCUT2D eigenvalue weighted by Crippen LogP contribution is 2.33. The van der Waals surface area contributed by atoms with Gasteiger partial charge in [0, 0.05) is 22.3 Å². The number of carbonyl (C=O) groups is 2. The van der Waals surface area contributed by atoms with Crippen LogP contribution < -0.4 is 0 Å². The summed E-state index contributed by atoms with van der Waals surface area (Å²) in [6.07, 6.45) is 0.456. The largest absolute Gasteiger partial charge is 0.286 e. The number of aromatic nitrogens is 1. The quantitative estimate of drug-likeness (QED) is 0.787. The molecule has 0 aliphatic carbocycles. The predicted octanol–water partition coefficient (Wildman–Crippen LogP) is 3.31. The Morgan fingerprint density at radius 2 is 2.22 bits per heavy atom. The molecular formula is C12H6BrNO2S2. The second-order valence-corrected chi connectivity index (χ2v) is 6.55. The van der Waals surface area contributed by atoms with E-state index in [4.69, 9.17) is 0 Å². The fraction of sp³-hybridized carbons (Fsp3) is 0.0833. The number of benzene rings is 1. The second kappa shape index (κ2) is 4.60. The highest BCUT2D eigenvalue weighted by molar-refractivity contribution is 9.10. The van der Waals surface area contributed by atoms with E-state index in [2.05, 4.69) is 20.9 Å². The molecule has 0 spiro atoms. The van der Waals surface area contributed by atoms with Crippen LogP contribution in [0, 0.1) is 0 Å². The van der Waals surface area contributed by atoms with E-state index in [-0.39, 0.29) is 10.9 Å². The first kappa shape index (κ1) is 12.1. The summed E-state index contributed by atoms with van der Waals surface area (Å²) in [6.45, 7) is 0. The highest BCUT2D eigenvalue weighted by Gasteiger charge is 2.22. The zero-order valence-corrected chi connectivity index (χ0v) is 12.2. The normalized spacial score (nSPS) is 13.7. The van der Waals surface area contributed by atoms with Crippen molar-refractivity contribution >= 4 is 49.9 Å². The maximum Gasteiger partial charge on any atom is 0.221 e. The van der Waals surface area contributed by atoms with Crippen LogP contribution in [0.25, 0.3) is 0 Å². The van der Waals surface area contributed by atoms with E-state index in [0.717, 1.165) is 10.5 Å². The minimum Gasteiger partial charge on any atom is -0.286 e. The van der Waals surface area contributed by atoms with Gasteiger partial charge in [0.2, 0.25) is 5.78 Å². The third-order valence-corrected chi connectivity index (χ3v) is 5.08. The maximum atomic E-state index is 12.2. The van der Waals surface area contributed by atoms with E-state index in [1.54, 1.807) is 17.5 Å². The van der Waals surface area contributed by atoms with Gasteiger partial charge in [0.15, 0.2) is 10.1 Å². The van der Waals surface area contributed by atoms with Crippen molar-refractivity contribution in [1.29, 1.82) is 0 Å². The van der Waals surface area contributed by atoms with E-state index < -0.39 is 0 Å². The molecule has 18 heavy (non-hydrogen) atoms. The first-order chi connectivity index (χ1) is 8.63. The average molecular weight is 340 g/mol. The van der Waals surface area contributed by atoms with Crippen LogP contribution in [0.1, 0.15) is 20.9 Å². The van der Waals surface area contributed by atoms with Gasteiger partial charge in [-0.15, -0.1) is 11.3 Å². The summed E-state index contributed by atoms with van der Waals surface area (Å²) < 4.78 is 0.668. The number of thioether (sulfide) groups is 1. The highest BCUT2D eigenvalue weighted by atomic mass is 79.9. The van der Waals surface area contributed by atoms with Crippen LogP contribution in [-0.4, -0.2) is 15.9 Å². The van der Waals surface area contributed by atoms with Gasteiger partial charge in [-0.05, 0) is 27.6 Å². The number of ketones is 1. The monoisotopic (exact) mass is 339 g/mol. The molecule has 3 nitrogen and oxygen atoms in total. The summed E-state index contributed by atoms with van der Waals surface area (Å²) in [7, 11) is 0. The van der Waals surface area contributed by atoms with E-state index >= 15 is 0 Å². The summed E-state index contributed by atoms with van der Waals surface area (Å²) >= 11 is 5.74. The zero-order valence-electron chi connectivity index (χ0n) is 8.97. The predicted molar refractivity (Wildman–Crippen MR) is 74.3 cm³/mol. The lowest BCUT2D eigenvalue weighted by Crippen LogP contribution is -2.01. The van der Waals surface area contributed by atoms with Crippen molar-refractivity contribution in [2.45, 2.75) is 11.3 Å². The molecule has 0 N–H and O–H groups in total. The van der Waals surface area contributed by atoms with Crippen molar-refractivity contribution in [3.63, 3.8) is 0 Å². The molecule has 90 valence electrons. The zero-order chi connectivity index (χ0) is 12.7. The van der Waals surface area contributed by atoms with Gasteiger partial charge >= 0.3 is 0 Å². The lowest BCUT2D eigenvalue weighted by Gasteiger charge is -2.00. The van der Waals surface area contributed by atoms with Crippen molar-refractivity contribution in [3.05, 3.63) is 44.3 Å². The van der Waals surface area contributed by atoms with E-state index in [0.29, 0.717) is 21.6 Å². The fourth-order valence-electron chi connectivity index (χ4n) is 1.73. The van der Waals surface area contributed by atoms with Gasteiger partial charge < -0.3 is 0 Å². The molecule has 0 atom stereocenters. The molecule has 6 heteroatoms. The molecule has 1 aliphatic heterocycles. The Morgan fingerprint density at radius 3 is 2.94 bits per heavy atom. The number of halogens is 1. The van der Waals surface area contributed by atoms with Crippen LogP contribution in [0.3, 0.4) is 0 Å². The maximum absolute atomic E-state index is 12.2. The Balaban J connectivity index is 1.96. The molecule has 0 radical (unpaired) electrons. The third kappa shape index (κ3) is 2.15. The van der Waals surface area contributed by atoms with Gasteiger partial charge in [-0.3, -0.25) is 9.59 Å². The van der Waals surface area contributed by atoms with Crippen molar-refractivity contribution in [2.24, 2.45) is 0 Å². The Kier molecular flexibility index (Phi) is 3.09. The lowest BCUT2D eigenvalue weighted by atomic mass is 10.1. The van der Waals surface area contributed by atoms with Gasteiger partial charge in [-0.1, -0.05) is 23.9 Å². The molecule has 1 aromatic carbocycles. The van der Waals surface area contributed by atoms with Crippen LogP contribution in [0.4, 0.5) is 0 Å². The van der Waals surface area contributed by atoms with Crippen molar-refractivity contribution in [1.82, 2.24) is 4.98 Å². The molecule has 0 fully saturated rings. The summed E-state index contributed by atoms with van der Waals surface area (Å²) in [6, 6.07) is 5.39. The number of hydrogen-bond donors (Lipinski definition) is 0. The summed E-state index contributed by atoms with van der Waals surface area (Å²) in [5.41, 5.74) is 1.58. The van der Waals surface area contributed by atoms with Crippen molar-refractivity contribution < 1.29 is 9.59 Å². The van der Waals surface area contributed by atoms with E-state index in [1.807, 2.05) is 6.07 Å². The Hall–Kier alpha value is -0.980. The standard InChI is InChI=1S/C12H6BrNO2S2/c13-9-5-17-12(14-9)11(16)7-2-1-6-4-10(15)18-8(6)3-7/h1-3,5H,4H2. The number of thiazole rings is 1. The topological polar surface area (TPSA) is 47.0 Å². The van der Waals surface area contributed by atoms with Crippen LogP contribution in [-0.2, 0) is 11.2 Å². The average Bonchev–Trinajstić information content (AvgIpc) is 2.92. The van der Waals surface area contributed by atoms with Crippen molar-refractivity contribution in [3.8, 4) is 0 Å². The van der Waals surface area contributed by atoms with Gasteiger partial charge in [-0.25, -0.2) is 4.98 Å². The van der Waals surface area contributed by atoms with E-state index in [1.165, 1.54) is 23.1 Å². The molecule has 0 saturated heterocycles. The minimum absolute atomic E-state index is 0.103. The molecule has 0 saturated carbocycles. The lowest BCUT2D eigenvalue weighted by molar-refractivity contribution is -0.110. The molecular weight excluding hydrogens is 334 g/mol. The summed E-state index contributed by atoms with van der Waals surface area (Å²) in [5, 5.41) is 2.36. The second-order valence-electron chi connectivity index (χ2n) is 3.78. The molecule has 0 unspecified atom stereocenters. The smallest absolute Gasteiger partial charge is 0.221 e. The van der Waals surface area contributed by atoms with Crippen LogP contribution >= 0.6 is 39.0 Å². The van der Waals surface area contributed by atoms with E-state index in [9.17, 15) is 9.59 Å². The molecule has 3 rings (SSSR count). The van der Waals surface area contributed by atoms with Gasteiger partial charge in [-0.2, -0.15) is 0 Å². The number of fused-ring (bicyclic) bond motifs is 1. The molecule has 2 heterocycles. The molecule has 1 aromatic heterocycles. The van der Waals surface area contributed by atoms with Gasteiger partial charge in [0.1, 0.15) is 4.60 Å². The Morgan fingerprint density at radius 1 is 1.39 bits per heavy atom. The summed E-state index contributed by atoms with van der Waals surface area (Å²) in [4.78, 5) is 28.5. The number of hydrogen-bond acceptors (Lipinski definition) is 5. The molecule has 2 aromatic rings. The van der Waals surface area contributed by atoms with Crippen LogP contribution in [0.5, 0.6) is 0 Å². The SMILES string of the molecule is O=C1Cc2ccc(C(=O)c3nc(Br)cs3)cc2S1. The fourth-order valence-corrected chi connectivity index (χ4v) is 3.88. The van der Waals surface area contributed by atoms with Crippen molar-refractivity contribution in [2.75, 3.05) is 0 Å². The number of rotatable bonds is 2. The molecule has 1 aliphatic rings. The first-order valence-corrected chi connectivity index (χ1v) is 7.62. The first-order valence-electron chi connectivity index (χ1n) is 5.13. The summed E-state index contributed by atoms with van der Waals surface area (Å²) in [5.74, 6) is -0.103. The molecule has 0 bridgehead atoms. The third-order valence-electron chi connectivity index (χ3n) is 2.56. The van der Waals surface area contributed by atoms with Gasteiger partial charge in [0.25, 0.3) is 0 Å². The Bertz CT molecular complexity index is 666. The Labute approximate surface area is 120 Å². The number of nitrogens with zero attached hydrogens (tertiary/aromatic N) is 1. The van der Waals surface area contributed by atoms with Crippen LogP contribution in [0.15, 0.2) is 33.1 Å². The molecule has 0 amide bonds. The number of carbonyl (C=O) groups excluding carboxylic acids is 2. The van der Waals surface area contributed by atoms with Crippen LogP contribution in [0.2, 0.25) is 0 Å². The van der Waals surface area contributed by atoms with Gasteiger partial charge in [0.05, 0.1) is 0 Å².